The Kier molecular flexibility index (Phi) is 4.48. The Morgan fingerprint density at radius 3 is 2.71 bits per heavy atom. The van der Waals surface area contributed by atoms with Gasteiger partial charge in [0.1, 0.15) is 5.82 Å². The third kappa shape index (κ3) is 3.18. The number of hydrogen-bond donors (Lipinski definition) is 1. The van der Waals surface area contributed by atoms with Crippen LogP contribution in [0.25, 0.3) is 28.5 Å². The molecule has 4 rings (SSSR count). The van der Waals surface area contributed by atoms with E-state index in [0.717, 1.165) is 11.3 Å². The van der Waals surface area contributed by atoms with Crippen LogP contribution in [0.15, 0.2) is 52.0 Å². The molecular formula is C19H17ClN6O2. The number of anilines is 1. The number of aromatic amines is 1. The van der Waals surface area contributed by atoms with Gasteiger partial charge in [-0.1, -0.05) is 28.9 Å². The summed E-state index contributed by atoms with van der Waals surface area (Å²) >= 11 is 6.28. The summed E-state index contributed by atoms with van der Waals surface area (Å²) in [6.07, 6.45) is 3.30. The lowest BCUT2D eigenvalue weighted by Gasteiger charge is -2.12. The average Bonchev–Trinajstić information content (AvgIpc) is 3.28. The molecule has 0 aliphatic heterocycles. The maximum Gasteiger partial charge on any atom is 0.330 e. The van der Waals surface area contributed by atoms with Crippen LogP contribution >= 0.6 is 11.6 Å². The molecule has 1 N–H and O–H groups in total. The first-order valence-electron chi connectivity index (χ1n) is 8.49. The highest BCUT2D eigenvalue weighted by atomic mass is 35.5. The molecule has 0 aliphatic carbocycles. The first-order chi connectivity index (χ1) is 13.4. The highest BCUT2D eigenvalue weighted by molar-refractivity contribution is 6.33. The SMILES string of the molecule is Cc1c[nH]c(=O)n1-c1cccc(-c2noc(-c3cnc(N(C)C)c(Cl)c3)n2)c1. The van der Waals surface area contributed by atoms with Crippen molar-refractivity contribution in [3.63, 3.8) is 0 Å². The van der Waals surface area contributed by atoms with E-state index < -0.39 is 0 Å². The minimum absolute atomic E-state index is 0.204. The van der Waals surface area contributed by atoms with E-state index in [1.54, 1.807) is 23.0 Å². The molecule has 28 heavy (non-hydrogen) atoms. The van der Waals surface area contributed by atoms with E-state index in [-0.39, 0.29) is 5.69 Å². The van der Waals surface area contributed by atoms with Crippen LogP contribution in [0.1, 0.15) is 5.69 Å². The topological polar surface area (TPSA) is 92.8 Å². The van der Waals surface area contributed by atoms with E-state index in [0.29, 0.717) is 33.8 Å². The number of halogens is 1. The fraction of sp³-hybridized carbons (Fsp3) is 0.158. The Morgan fingerprint density at radius 1 is 1.21 bits per heavy atom. The van der Waals surface area contributed by atoms with Gasteiger partial charge in [-0.05, 0) is 25.1 Å². The van der Waals surface area contributed by atoms with Crippen molar-refractivity contribution in [2.24, 2.45) is 0 Å². The molecule has 1 aromatic carbocycles. The zero-order chi connectivity index (χ0) is 19.8. The van der Waals surface area contributed by atoms with Crippen molar-refractivity contribution in [1.29, 1.82) is 0 Å². The summed E-state index contributed by atoms with van der Waals surface area (Å²) in [5.41, 5.74) is 2.67. The zero-order valence-electron chi connectivity index (χ0n) is 15.5. The van der Waals surface area contributed by atoms with Crippen LogP contribution in [0.4, 0.5) is 5.82 Å². The number of benzene rings is 1. The van der Waals surface area contributed by atoms with Crippen LogP contribution in [0.3, 0.4) is 0 Å². The van der Waals surface area contributed by atoms with Gasteiger partial charge in [0.2, 0.25) is 5.82 Å². The number of aryl methyl sites for hydroxylation is 1. The Labute approximate surface area is 165 Å². The molecule has 0 spiro atoms. The molecular weight excluding hydrogens is 380 g/mol. The molecule has 0 unspecified atom stereocenters. The fourth-order valence-electron chi connectivity index (χ4n) is 2.90. The largest absolute Gasteiger partial charge is 0.362 e. The predicted molar refractivity (Wildman–Crippen MR) is 107 cm³/mol. The van der Waals surface area contributed by atoms with Crippen molar-refractivity contribution in [3.05, 3.63) is 63.9 Å². The van der Waals surface area contributed by atoms with Crippen LogP contribution in [-0.4, -0.2) is 38.8 Å². The number of pyridine rings is 1. The third-order valence-corrected chi connectivity index (χ3v) is 4.52. The fourth-order valence-corrected chi connectivity index (χ4v) is 3.23. The van der Waals surface area contributed by atoms with Gasteiger partial charge < -0.3 is 14.4 Å². The Morgan fingerprint density at radius 2 is 2.04 bits per heavy atom. The van der Waals surface area contributed by atoms with Gasteiger partial charge in [-0.15, -0.1) is 0 Å². The number of hydrogen-bond acceptors (Lipinski definition) is 6. The van der Waals surface area contributed by atoms with E-state index >= 15 is 0 Å². The molecule has 142 valence electrons. The molecule has 0 amide bonds. The molecule has 0 aliphatic rings. The lowest BCUT2D eigenvalue weighted by Crippen LogP contribution is -2.15. The number of H-pyrrole nitrogens is 1. The van der Waals surface area contributed by atoms with Crippen molar-refractivity contribution in [1.82, 2.24) is 24.7 Å². The average molecular weight is 397 g/mol. The van der Waals surface area contributed by atoms with Gasteiger partial charge in [-0.3, -0.25) is 4.57 Å². The maximum absolute atomic E-state index is 12.0. The van der Waals surface area contributed by atoms with Crippen molar-refractivity contribution >= 4 is 17.4 Å². The zero-order valence-corrected chi connectivity index (χ0v) is 16.2. The van der Waals surface area contributed by atoms with Crippen LogP contribution in [0.5, 0.6) is 0 Å². The molecule has 0 saturated heterocycles. The van der Waals surface area contributed by atoms with Crippen LogP contribution < -0.4 is 10.6 Å². The molecule has 4 aromatic rings. The molecule has 8 nitrogen and oxygen atoms in total. The molecule has 0 bridgehead atoms. The molecule has 3 aromatic heterocycles. The van der Waals surface area contributed by atoms with E-state index in [1.807, 2.05) is 50.2 Å². The van der Waals surface area contributed by atoms with Gasteiger partial charge in [0.15, 0.2) is 0 Å². The minimum atomic E-state index is -0.204. The van der Waals surface area contributed by atoms with Gasteiger partial charge in [0.05, 0.1) is 16.3 Å². The summed E-state index contributed by atoms with van der Waals surface area (Å²) in [6.45, 7) is 1.85. The second-order valence-electron chi connectivity index (χ2n) is 6.47. The van der Waals surface area contributed by atoms with Crippen molar-refractivity contribution < 1.29 is 4.52 Å². The summed E-state index contributed by atoms with van der Waals surface area (Å²) in [5.74, 6) is 1.38. The highest BCUT2D eigenvalue weighted by Gasteiger charge is 2.15. The van der Waals surface area contributed by atoms with Gasteiger partial charge >= 0.3 is 5.69 Å². The number of rotatable bonds is 4. The van der Waals surface area contributed by atoms with E-state index in [1.165, 1.54) is 0 Å². The quantitative estimate of drug-likeness (QED) is 0.569. The molecule has 0 fully saturated rings. The van der Waals surface area contributed by atoms with Crippen molar-refractivity contribution in [2.75, 3.05) is 19.0 Å². The van der Waals surface area contributed by atoms with E-state index in [4.69, 9.17) is 16.1 Å². The number of nitrogens with one attached hydrogen (secondary N) is 1. The summed E-state index contributed by atoms with van der Waals surface area (Å²) < 4.78 is 6.97. The van der Waals surface area contributed by atoms with Crippen LogP contribution in [0, 0.1) is 6.92 Å². The molecule has 9 heteroatoms. The van der Waals surface area contributed by atoms with Gasteiger partial charge in [0.25, 0.3) is 5.89 Å². The first kappa shape index (κ1) is 18.0. The minimum Gasteiger partial charge on any atom is -0.362 e. The van der Waals surface area contributed by atoms with Gasteiger partial charge in [0, 0.05) is 37.7 Å². The van der Waals surface area contributed by atoms with Crippen molar-refractivity contribution in [3.8, 4) is 28.5 Å². The third-order valence-electron chi connectivity index (χ3n) is 4.24. The lowest BCUT2D eigenvalue weighted by atomic mass is 10.2. The monoisotopic (exact) mass is 396 g/mol. The molecule has 0 saturated carbocycles. The predicted octanol–water partition coefficient (Wildman–Crippen LogP) is 3.31. The normalized spacial score (nSPS) is 11.0. The number of nitrogens with zero attached hydrogens (tertiary/aromatic N) is 5. The second kappa shape index (κ2) is 6.97. The van der Waals surface area contributed by atoms with Crippen LogP contribution in [-0.2, 0) is 0 Å². The lowest BCUT2D eigenvalue weighted by molar-refractivity contribution is 0.432. The van der Waals surface area contributed by atoms with Gasteiger partial charge in [-0.2, -0.15) is 4.98 Å². The standard InChI is InChI=1S/C19H17ClN6O2/c1-11-9-22-19(27)26(11)14-6-4-5-12(7-14)16-23-18(28-24-16)13-8-15(20)17(21-10-13)25(2)3/h4-10H,1-3H3,(H,22,27). The summed E-state index contributed by atoms with van der Waals surface area (Å²) in [4.78, 5) is 25.3. The smallest absolute Gasteiger partial charge is 0.330 e. The molecule has 0 atom stereocenters. The molecule has 3 heterocycles. The van der Waals surface area contributed by atoms with E-state index in [9.17, 15) is 4.79 Å². The van der Waals surface area contributed by atoms with E-state index in [2.05, 4.69) is 20.1 Å². The number of imidazole rings is 1. The number of aromatic nitrogens is 5. The summed E-state index contributed by atoms with van der Waals surface area (Å²) in [5, 5.41) is 4.55. The Balaban J connectivity index is 1.70. The summed E-state index contributed by atoms with van der Waals surface area (Å²) in [6, 6.07) is 9.10. The first-order valence-corrected chi connectivity index (χ1v) is 8.86. The Hall–Kier alpha value is -3.39. The van der Waals surface area contributed by atoms with Crippen LogP contribution in [0.2, 0.25) is 5.02 Å². The Bertz CT molecular complexity index is 1210. The highest BCUT2D eigenvalue weighted by Crippen LogP contribution is 2.28. The maximum atomic E-state index is 12.0. The summed E-state index contributed by atoms with van der Waals surface area (Å²) in [7, 11) is 3.73. The molecule has 0 radical (unpaired) electrons. The van der Waals surface area contributed by atoms with Gasteiger partial charge in [-0.25, -0.2) is 9.78 Å². The second-order valence-corrected chi connectivity index (χ2v) is 6.88. The van der Waals surface area contributed by atoms with Crippen molar-refractivity contribution in [2.45, 2.75) is 6.92 Å².